The fourth-order valence-corrected chi connectivity index (χ4v) is 3.81. The Morgan fingerprint density at radius 1 is 1.07 bits per heavy atom. The normalized spacial score (nSPS) is 10.9. The molecule has 7 nitrogen and oxygen atoms in total. The summed E-state index contributed by atoms with van der Waals surface area (Å²) in [4.78, 5) is 16.7. The van der Waals surface area contributed by atoms with Gasteiger partial charge in [-0.2, -0.15) is 0 Å². The first kappa shape index (κ1) is 18.9. The molecule has 0 bridgehead atoms. The predicted octanol–water partition coefficient (Wildman–Crippen LogP) is 3.34. The van der Waals surface area contributed by atoms with Crippen molar-refractivity contribution in [2.75, 3.05) is 16.8 Å². The van der Waals surface area contributed by atoms with Crippen LogP contribution in [-0.4, -0.2) is 31.2 Å². The molecule has 0 spiro atoms. The summed E-state index contributed by atoms with van der Waals surface area (Å²) in [7, 11) is 0. The molecule has 0 aliphatic carbocycles. The van der Waals surface area contributed by atoms with E-state index in [1.165, 1.54) is 11.8 Å². The average molecular weight is 404 g/mol. The van der Waals surface area contributed by atoms with Crippen molar-refractivity contribution in [1.29, 1.82) is 0 Å². The van der Waals surface area contributed by atoms with Crippen LogP contribution in [0.1, 0.15) is 16.8 Å². The molecule has 0 radical (unpaired) electrons. The molecule has 0 saturated heterocycles. The van der Waals surface area contributed by atoms with Crippen LogP contribution in [-0.2, 0) is 11.2 Å². The van der Waals surface area contributed by atoms with Gasteiger partial charge in [-0.05, 0) is 24.6 Å². The Kier molecular flexibility index (Phi) is 5.44. The monoisotopic (exact) mass is 404 g/mol. The number of nitrogen functional groups attached to an aromatic ring is 1. The van der Waals surface area contributed by atoms with Gasteiger partial charge in [0.05, 0.1) is 5.75 Å². The van der Waals surface area contributed by atoms with E-state index in [9.17, 15) is 4.79 Å². The molecule has 4 rings (SSSR count). The minimum Gasteiger partial charge on any atom is -0.369 e. The Labute approximate surface area is 172 Å². The number of amides is 1. The number of hydrogen-bond acceptors (Lipinski definition) is 6. The van der Waals surface area contributed by atoms with Crippen LogP contribution in [0.2, 0.25) is 0 Å². The van der Waals surface area contributed by atoms with Crippen molar-refractivity contribution in [1.82, 2.24) is 19.6 Å². The maximum Gasteiger partial charge on any atom is 0.234 e. The number of nitrogens with two attached hydrogens (primary N) is 1. The van der Waals surface area contributed by atoms with Crippen LogP contribution in [0, 0.1) is 6.92 Å². The van der Waals surface area contributed by atoms with Crippen LogP contribution < -0.4 is 11.1 Å². The van der Waals surface area contributed by atoms with E-state index in [0.717, 1.165) is 22.5 Å². The number of carbonyl (C=O) groups excluding carboxylic acids is 1. The third kappa shape index (κ3) is 4.22. The van der Waals surface area contributed by atoms with Crippen molar-refractivity contribution < 1.29 is 4.79 Å². The second kappa shape index (κ2) is 8.32. The molecule has 0 unspecified atom stereocenters. The van der Waals surface area contributed by atoms with Gasteiger partial charge in [0, 0.05) is 23.4 Å². The lowest BCUT2D eigenvalue weighted by Gasteiger charge is -2.10. The number of anilines is 2. The van der Waals surface area contributed by atoms with Crippen molar-refractivity contribution in [3.05, 3.63) is 77.5 Å². The Balaban J connectivity index is 1.56. The molecule has 4 aromatic rings. The molecule has 2 heterocycles. The van der Waals surface area contributed by atoms with E-state index in [1.807, 2.05) is 55.5 Å². The number of aryl methyl sites for hydroxylation is 1. The van der Waals surface area contributed by atoms with Crippen LogP contribution in [0.3, 0.4) is 0 Å². The molecule has 0 saturated carbocycles. The first-order valence-electron chi connectivity index (χ1n) is 9.13. The molecule has 0 fully saturated rings. The zero-order valence-electron chi connectivity index (χ0n) is 15.9. The van der Waals surface area contributed by atoms with Crippen LogP contribution in [0.4, 0.5) is 11.6 Å². The summed E-state index contributed by atoms with van der Waals surface area (Å²) in [6, 6.07) is 19.4. The molecule has 29 heavy (non-hydrogen) atoms. The maximum absolute atomic E-state index is 12.3. The van der Waals surface area contributed by atoms with Crippen LogP contribution in [0.15, 0.2) is 65.8 Å². The van der Waals surface area contributed by atoms with Gasteiger partial charge in [0.25, 0.3) is 0 Å². The van der Waals surface area contributed by atoms with Crippen molar-refractivity contribution >= 4 is 35.0 Å². The molecule has 0 aliphatic heterocycles. The summed E-state index contributed by atoms with van der Waals surface area (Å²) >= 11 is 1.28. The number of thioether (sulfide) groups is 1. The summed E-state index contributed by atoms with van der Waals surface area (Å²) in [5.74, 6) is 0.378. The molecule has 2 aromatic carbocycles. The smallest absolute Gasteiger partial charge is 0.234 e. The van der Waals surface area contributed by atoms with Gasteiger partial charge < -0.3 is 11.1 Å². The summed E-state index contributed by atoms with van der Waals surface area (Å²) in [5, 5.41) is 12.0. The summed E-state index contributed by atoms with van der Waals surface area (Å²) in [6.45, 7) is 1.92. The second-order valence-electron chi connectivity index (χ2n) is 6.54. The van der Waals surface area contributed by atoms with Gasteiger partial charge in [-0.1, -0.05) is 60.3 Å². The van der Waals surface area contributed by atoms with Gasteiger partial charge in [-0.15, -0.1) is 10.2 Å². The topological polar surface area (TPSA) is 98.2 Å². The number of benzene rings is 2. The SMILES string of the molecule is Cc1nc(N)n2c(SCC(=O)Nc3ccccc3)nnc2c1Cc1ccccc1. The zero-order chi connectivity index (χ0) is 20.2. The first-order chi connectivity index (χ1) is 14.1. The van der Waals surface area contributed by atoms with Gasteiger partial charge in [0.1, 0.15) is 0 Å². The number of nitrogens with one attached hydrogen (secondary N) is 1. The highest BCUT2D eigenvalue weighted by molar-refractivity contribution is 7.99. The summed E-state index contributed by atoms with van der Waals surface area (Å²) in [6.07, 6.45) is 0.681. The Bertz CT molecular complexity index is 1140. The van der Waals surface area contributed by atoms with E-state index in [4.69, 9.17) is 5.73 Å². The Morgan fingerprint density at radius 2 is 1.76 bits per heavy atom. The van der Waals surface area contributed by atoms with Gasteiger partial charge in [0.2, 0.25) is 11.9 Å². The molecule has 0 atom stereocenters. The molecule has 0 aliphatic rings. The maximum atomic E-state index is 12.3. The van der Waals surface area contributed by atoms with E-state index in [2.05, 4.69) is 32.6 Å². The van der Waals surface area contributed by atoms with Crippen LogP contribution in [0.5, 0.6) is 0 Å². The van der Waals surface area contributed by atoms with E-state index in [1.54, 1.807) is 4.40 Å². The largest absolute Gasteiger partial charge is 0.369 e. The lowest BCUT2D eigenvalue weighted by molar-refractivity contribution is -0.113. The zero-order valence-corrected chi connectivity index (χ0v) is 16.7. The predicted molar refractivity (Wildman–Crippen MR) is 115 cm³/mol. The number of rotatable bonds is 6. The van der Waals surface area contributed by atoms with Gasteiger partial charge in [0.15, 0.2) is 10.8 Å². The highest BCUT2D eigenvalue weighted by atomic mass is 32.2. The van der Waals surface area contributed by atoms with E-state index in [0.29, 0.717) is 23.2 Å². The van der Waals surface area contributed by atoms with Gasteiger partial charge in [-0.25, -0.2) is 9.38 Å². The number of hydrogen-bond donors (Lipinski definition) is 2. The Hall–Kier alpha value is -3.39. The number of aromatic nitrogens is 4. The first-order valence-corrected chi connectivity index (χ1v) is 10.1. The van der Waals surface area contributed by atoms with Gasteiger partial charge >= 0.3 is 0 Å². The van der Waals surface area contributed by atoms with Crippen molar-refractivity contribution in [3.8, 4) is 0 Å². The third-order valence-corrected chi connectivity index (χ3v) is 5.39. The van der Waals surface area contributed by atoms with Gasteiger partial charge in [-0.3, -0.25) is 4.79 Å². The second-order valence-corrected chi connectivity index (χ2v) is 7.48. The van der Waals surface area contributed by atoms with Crippen molar-refractivity contribution in [2.24, 2.45) is 0 Å². The quantitative estimate of drug-likeness (QED) is 0.478. The fraction of sp³-hybridized carbons (Fsp3) is 0.143. The molecule has 3 N–H and O–H groups in total. The highest BCUT2D eigenvalue weighted by Crippen LogP contribution is 2.25. The lowest BCUT2D eigenvalue weighted by atomic mass is 10.0. The number of nitrogens with zero attached hydrogens (tertiary/aromatic N) is 4. The fourth-order valence-electron chi connectivity index (χ4n) is 3.07. The standard InChI is InChI=1S/C21H20N6OS/c1-14-17(12-15-8-4-2-5-9-15)19-25-26-21(27(19)20(22)23-14)29-13-18(28)24-16-10-6-3-7-11-16/h2-11H,12-13H2,1H3,(H2,22,23)(H,24,28). The highest BCUT2D eigenvalue weighted by Gasteiger charge is 2.17. The molecular weight excluding hydrogens is 384 g/mol. The summed E-state index contributed by atoms with van der Waals surface area (Å²) < 4.78 is 1.71. The van der Waals surface area contributed by atoms with Crippen LogP contribution >= 0.6 is 11.8 Å². The number of fused-ring (bicyclic) bond motifs is 1. The Morgan fingerprint density at radius 3 is 2.48 bits per heavy atom. The van der Waals surface area contributed by atoms with Crippen molar-refractivity contribution in [2.45, 2.75) is 18.5 Å². The summed E-state index contributed by atoms with van der Waals surface area (Å²) in [5.41, 5.74) is 10.5. The van der Waals surface area contributed by atoms with Crippen LogP contribution in [0.25, 0.3) is 5.65 Å². The van der Waals surface area contributed by atoms with E-state index >= 15 is 0 Å². The number of para-hydroxylation sites is 1. The molecule has 1 amide bonds. The van der Waals surface area contributed by atoms with E-state index in [-0.39, 0.29) is 11.7 Å². The lowest BCUT2D eigenvalue weighted by Crippen LogP contribution is -2.14. The molecular formula is C21H20N6OS. The van der Waals surface area contributed by atoms with Crippen molar-refractivity contribution in [3.63, 3.8) is 0 Å². The molecule has 8 heteroatoms. The molecule has 2 aromatic heterocycles. The van der Waals surface area contributed by atoms with E-state index < -0.39 is 0 Å². The minimum absolute atomic E-state index is 0.124. The number of carbonyl (C=O) groups is 1. The average Bonchev–Trinajstić information content (AvgIpc) is 3.15. The third-order valence-electron chi connectivity index (χ3n) is 4.46. The minimum atomic E-state index is -0.124. The molecule has 146 valence electrons.